The van der Waals surface area contributed by atoms with Crippen molar-refractivity contribution in [2.24, 2.45) is 10.7 Å². The molecule has 0 amide bonds. The van der Waals surface area contributed by atoms with E-state index in [0.29, 0.717) is 19.1 Å². The molecular formula is C13H17N3O2. The summed E-state index contributed by atoms with van der Waals surface area (Å²) in [5, 5.41) is 0. The second-order valence-electron chi connectivity index (χ2n) is 4.73. The molecule has 1 saturated heterocycles. The fourth-order valence-corrected chi connectivity index (χ4v) is 2.65. The number of benzene rings is 1. The van der Waals surface area contributed by atoms with E-state index in [2.05, 4.69) is 9.89 Å². The molecule has 96 valence electrons. The van der Waals surface area contributed by atoms with Gasteiger partial charge in [-0.15, -0.1) is 0 Å². The Morgan fingerprint density at radius 3 is 2.78 bits per heavy atom. The number of nitrogens with zero attached hydrogens (tertiary/aromatic N) is 2. The van der Waals surface area contributed by atoms with Crippen LogP contribution < -0.4 is 15.4 Å². The maximum absolute atomic E-state index is 6.03. The van der Waals surface area contributed by atoms with E-state index in [4.69, 9.17) is 15.2 Å². The number of hydrogen-bond donors (Lipinski definition) is 1. The molecule has 0 aromatic heterocycles. The van der Waals surface area contributed by atoms with Crippen LogP contribution in [0.15, 0.2) is 29.3 Å². The molecule has 0 aliphatic carbocycles. The molecule has 2 aliphatic heterocycles. The van der Waals surface area contributed by atoms with E-state index in [1.807, 2.05) is 24.3 Å². The highest BCUT2D eigenvalue weighted by molar-refractivity contribution is 5.98. The van der Waals surface area contributed by atoms with Crippen molar-refractivity contribution in [1.29, 1.82) is 0 Å². The van der Waals surface area contributed by atoms with Gasteiger partial charge in [0.15, 0.2) is 5.96 Å². The van der Waals surface area contributed by atoms with Gasteiger partial charge in [0, 0.05) is 12.3 Å². The Hall–Kier alpha value is -1.75. The monoisotopic (exact) mass is 247 g/mol. The van der Waals surface area contributed by atoms with Crippen LogP contribution in [0, 0.1) is 0 Å². The summed E-state index contributed by atoms with van der Waals surface area (Å²) in [6, 6.07) is 7.88. The molecule has 1 atom stereocenters. The van der Waals surface area contributed by atoms with Crippen molar-refractivity contribution in [3.63, 3.8) is 0 Å². The Morgan fingerprint density at radius 2 is 2.17 bits per heavy atom. The van der Waals surface area contributed by atoms with Crippen molar-refractivity contribution in [2.75, 3.05) is 31.8 Å². The Labute approximate surface area is 106 Å². The van der Waals surface area contributed by atoms with E-state index in [1.54, 1.807) is 7.11 Å². The predicted octanol–water partition coefficient (Wildman–Crippen LogP) is 0.989. The molecule has 0 radical (unpaired) electrons. The van der Waals surface area contributed by atoms with Crippen LogP contribution in [0.3, 0.4) is 0 Å². The lowest BCUT2D eigenvalue weighted by Crippen LogP contribution is -2.52. The minimum Gasteiger partial charge on any atom is -0.497 e. The molecule has 1 unspecified atom stereocenters. The van der Waals surface area contributed by atoms with E-state index in [9.17, 15) is 0 Å². The fraction of sp³-hybridized carbons (Fsp3) is 0.462. The van der Waals surface area contributed by atoms with Gasteiger partial charge in [-0.05, 0) is 30.7 Å². The van der Waals surface area contributed by atoms with E-state index < -0.39 is 0 Å². The molecular weight excluding hydrogens is 230 g/mol. The van der Waals surface area contributed by atoms with Crippen LogP contribution in [-0.2, 0) is 4.74 Å². The van der Waals surface area contributed by atoms with Crippen LogP contribution in [0.2, 0.25) is 0 Å². The Balaban J connectivity index is 1.94. The van der Waals surface area contributed by atoms with E-state index in [-0.39, 0.29) is 5.54 Å². The first-order chi connectivity index (χ1) is 8.75. The summed E-state index contributed by atoms with van der Waals surface area (Å²) in [7, 11) is 1.66. The molecule has 0 saturated carbocycles. The van der Waals surface area contributed by atoms with Gasteiger partial charge in [0.1, 0.15) is 5.75 Å². The molecule has 5 heteroatoms. The topological polar surface area (TPSA) is 60.1 Å². The summed E-state index contributed by atoms with van der Waals surface area (Å²) < 4.78 is 10.7. The van der Waals surface area contributed by atoms with Crippen molar-refractivity contribution < 1.29 is 9.47 Å². The molecule has 5 nitrogen and oxygen atoms in total. The highest BCUT2D eigenvalue weighted by Crippen LogP contribution is 2.35. The number of anilines is 1. The molecule has 2 heterocycles. The predicted molar refractivity (Wildman–Crippen MR) is 70.1 cm³/mol. The van der Waals surface area contributed by atoms with Gasteiger partial charge in [-0.1, -0.05) is 0 Å². The highest BCUT2D eigenvalue weighted by Gasteiger charge is 2.46. The molecule has 1 fully saturated rings. The standard InChI is InChI=1S/C13H17N3O2/c1-17-11-4-2-10(3-5-11)16-12(14)15-8-13(16)6-7-18-9-13/h2-5H,6-9H2,1H3,(H2,14,15). The van der Waals surface area contributed by atoms with E-state index in [1.165, 1.54) is 0 Å². The Morgan fingerprint density at radius 1 is 1.39 bits per heavy atom. The number of rotatable bonds is 2. The summed E-state index contributed by atoms with van der Waals surface area (Å²) in [6.45, 7) is 2.17. The van der Waals surface area contributed by atoms with Crippen LogP contribution in [0.1, 0.15) is 6.42 Å². The van der Waals surface area contributed by atoms with Gasteiger partial charge >= 0.3 is 0 Å². The van der Waals surface area contributed by atoms with E-state index in [0.717, 1.165) is 24.5 Å². The first-order valence-electron chi connectivity index (χ1n) is 6.07. The fourth-order valence-electron chi connectivity index (χ4n) is 2.65. The third-order valence-electron chi connectivity index (χ3n) is 3.65. The lowest BCUT2D eigenvalue weighted by molar-refractivity contribution is 0.181. The summed E-state index contributed by atoms with van der Waals surface area (Å²) in [5.74, 6) is 1.41. The second-order valence-corrected chi connectivity index (χ2v) is 4.73. The zero-order valence-electron chi connectivity index (χ0n) is 10.4. The van der Waals surface area contributed by atoms with Gasteiger partial charge in [-0.25, -0.2) is 0 Å². The van der Waals surface area contributed by atoms with E-state index >= 15 is 0 Å². The first kappa shape index (κ1) is 11.3. The zero-order valence-corrected chi connectivity index (χ0v) is 10.4. The number of hydrogen-bond acceptors (Lipinski definition) is 5. The van der Waals surface area contributed by atoms with Crippen LogP contribution in [0.4, 0.5) is 5.69 Å². The third kappa shape index (κ3) is 1.62. The molecule has 2 aliphatic rings. The molecule has 0 bridgehead atoms. The van der Waals surface area contributed by atoms with Gasteiger partial charge in [-0.2, -0.15) is 0 Å². The van der Waals surface area contributed by atoms with Crippen LogP contribution >= 0.6 is 0 Å². The molecule has 1 spiro atoms. The molecule has 3 rings (SSSR count). The smallest absolute Gasteiger partial charge is 0.196 e. The van der Waals surface area contributed by atoms with Gasteiger partial charge < -0.3 is 20.1 Å². The molecule has 1 aromatic rings. The number of nitrogens with two attached hydrogens (primary N) is 1. The Kier molecular flexibility index (Phi) is 2.63. The summed E-state index contributed by atoms with van der Waals surface area (Å²) in [6.07, 6.45) is 0.962. The molecule has 18 heavy (non-hydrogen) atoms. The number of methoxy groups -OCH3 is 1. The minimum atomic E-state index is -0.0847. The SMILES string of the molecule is COc1ccc(N2C(N)=NCC23CCOC3)cc1. The number of guanidine groups is 1. The van der Waals surface area contributed by atoms with Gasteiger partial charge in [0.25, 0.3) is 0 Å². The van der Waals surface area contributed by atoms with Gasteiger partial charge in [0.05, 0.1) is 25.8 Å². The van der Waals surface area contributed by atoms with Gasteiger partial charge in [0.2, 0.25) is 0 Å². The normalized spacial score (nSPS) is 26.7. The maximum atomic E-state index is 6.03. The van der Waals surface area contributed by atoms with Gasteiger partial charge in [-0.3, -0.25) is 4.99 Å². The summed E-state index contributed by atoms with van der Waals surface area (Å²) in [5.41, 5.74) is 6.98. The third-order valence-corrected chi connectivity index (χ3v) is 3.65. The number of ether oxygens (including phenoxy) is 2. The minimum absolute atomic E-state index is 0.0847. The average Bonchev–Trinajstić information content (AvgIpc) is 2.99. The summed E-state index contributed by atoms with van der Waals surface area (Å²) >= 11 is 0. The van der Waals surface area contributed by atoms with Crippen molar-refractivity contribution in [3.05, 3.63) is 24.3 Å². The summed E-state index contributed by atoms with van der Waals surface area (Å²) in [4.78, 5) is 6.48. The van der Waals surface area contributed by atoms with Crippen molar-refractivity contribution in [1.82, 2.24) is 0 Å². The van der Waals surface area contributed by atoms with Crippen molar-refractivity contribution in [2.45, 2.75) is 12.0 Å². The van der Waals surface area contributed by atoms with Crippen LogP contribution in [0.25, 0.3) is 0 Å². The average molecular weight is 247 g/mol. The molecule has 1 aromatic carbocycles. The number of aliphatic imine (C=N–C) groups is 1. The van der Waals surface area contributed by atoms with Crippen molar-refractivity contribution in [3.8, 4) is 5.75 Å². The molecule has 2 N–H and O–H groups in total. The zero-order chi connectivity index (χ0) is 12.6. The van der Waals surface area contributed by atoms with Crippen LogP contribution in [0.5, 0.6) is 5.75 Å². The quantitative estimate of drug-likeness (QED) is 0.846. The Bertz CT molecular complexity index is 464. The lowest BCUT2D eigenvalue weighted by Gasteiger charge is -2.34. The first-order valence-corrected chi connectivity index (χ1v) is 6.07. The second kappa shape index (κ2) is 4.17. The maximum Gasteiger partial charge on any atom is 0.196 e. The lowest BCUT2D eigenvalue weighted by atomic mass is 9.97. The van der Waals surface area contributed by atoms with Crippen molar-refractivity contribution >= 4 is 11.6 Å². The van der Waals surface area contributed by atoms with Crippen LogP contribution in [-0.4, -0.2) is 38.4 Å². The largest absolute Gasteiger partial charge is 0.497 e. The highest BCUT2D eigenvalue weighted by atomic mass is 16.5.